The average Bonchev–Trinajstić information content (AvgIpc) is 2.67. The molecule has 3 aliphatic rings. The third-order valence-electron chi connectivity index (χ3n) is 5.41. The van der Waals surface area contributed by atoms with Crippen molar-refractivity contribution in [3.63, 3.8) is 0 Å². The maximum absolute atomic E-state index is 11.3. The molecule has 1 unspecified atom stereocenters. The van der Waals surface area contributed by atoms with E-state index >= 15 is 0 Å². The molecule has 5 nitrogen and oxygen atoms in total. The van der Waals surface area contributed by atoms with Gasteiger partial charge in [0.15, 0.2) is 0 Å². The fraction of sp³-hybridized carbons (Fsp3) is 0.933. The van der Waals surface area contributed by atoms with Gasteiger partial charge in [0.2, 0.25) is 5.91 Å². The van der Waals surface area contributed by atoms with Crippen molar-refractivity contribution in [3.8, 4) is 0 Å². The Bertz CT molecular complexity index is 340. The summed E-state index contributed by atoms with van der Waals surface area (Å²) in [6, 6.07) is 1.91. The molecular weight excluding hydrogens is 252 g/mol. The predicted molar refractivity (Wildman–Crippen MR) is 79.4 cm³/mol. The molecule has 0 aromatic carbocycles. The summed E-state index contributed by atoms with van der Waals surface area (Å²) in [7, 11) is 0. The minimum Gasteiger partial charge on any atom is -0.340 e. The molecule has 1 amide bonds. The molecule has 5 heteroatoms. The summed E-state index contributed by atoms with van der Waals surface area (Å²) < 4.78 is 0. The van der Waals surface area contributed by atoms with Crippen LogP contribution in [0, 0.1) is 0 Å². The van der Waals surface area contributed by atoms with E-state index < -0.39 is 0 Å². The Morgan fingerprint density at radius 3 is 2.20 bits per heavy atom. The second-order valence-corrected chi connectivity index (χ2v) is 6.70. The first kappa shape index (κ1) is 14.3. The Kier molecular flexibility index (Phi) is 4.29. The summed E-state index contributed by atoms with van der Waals surface area (Å²) in [6.07, 6.45) is 5.07. The van der Waals surface area contributed by atoms with Gasteiger partial charge in [-0.3, -0.25) is 14.6 Å². The Morgan fingerprint density at radius 1 is 1.05 bits per heavy atom. The molecule has 0 aromatic rings. The molecule has 114 valence electrons. The number of fused-ring (bicyclic) bond motifs is 2. The van der Waals surface area contributed by atoms with E-state index in [1.807, 2.05) is 4.90 Å². The second-order valence-electron chi connectivity index (χ2n) is 6.70. The minimum absolute atomic E-state index is 0.215. The van der Waals surface area contributed by atoms with Gasteiger partial charge in [-0.25, -0.2) is 0 Å². The number of amides is 1. The van der Waals surface area contributed by atoms with Crippen LogP contribution in [0.4, 0.5) is 0 Å². The van der Waals surface area contributed by atoms with E-state index in [0.717, 1.165) is 44.8 Å². The first-order valence-corrected chi connectivity index (χ1v) is 8.12. The third-order valence-corrected chi connectivity index (χ3v) is 5.41. The molecule has 2 N–H and O–H groups in total. The highest BCUT2D eigenvalue weighted by Crippen LogP contribution is 2.34. The number of hydrogen-bond donors (Lipinski definition) is 1. The lowest BCUT2D eigenvalue weighted by Gasteiger charge is -2.40. The van der Waals surface area contributed by atoms with Crippen molar-refractivity contribution in [2.75, 3.05) is 39.3 Å². The van der Waals surface area contributed by atoms with Gasteiger partial charge in [-0.05, 0) is 25.7 Å². The lowest BCUT2D eigenvalue weighted by atomic mass is 9.98. The molecule has 3 heterocycles. The van der Waals surface area contributed by atoms with E-state index in [9.17, 15) is 4.79 Å². The van der Waals surface area contributed by atoms with Crippen molar-refractivity contribution in [2.45, 2.75) is 50.7 Å². The van der Waals surface area contributed by atoms with Gasteiger partial charge in [0.05, 0.1) is 0 Å². The molecule has 0 spiro atoms. The van der Waals surface area contributed by atoms with Crippen LogP contribution in [0.1, 0.15) is 32.6 Å². The van der Waals surface area contributed by atoms with Crippen LogP contribution in [-0.2, 0) is 4.79 Å². The zero-order valence-corrected chi connectivity index (χ0v) is 12.6. The summed E-state index contributed by atoms with van der Waals surface area (Å²) in [6.45, 7) is 7.85. The summed E-state index contributed by atoms with van der Waals surface area (Å²) in [5.41, 5.74) is 6.13. The van der Waals surface area contributed by atoms with Gasteiger partial charge >= 0.3 is 0 Å². The Hall–Kier alpha value is -0.650. The van der Waals surface area contributed by atoms with Crippen molar-refractivity contribution in [1.29, 1.82) is 0 Å². The predicted octanol–water partition coefficient (Wildman–Crippen LogP) is 0.105. The van der Waals surface area contributed by atoms with Gasteiger partial charge in [0.25, 0.3) is 0 Å². The summed E-state index contributed by atoms with van der Waals surface area (Å²) in [5.74, 6) is 0.215. The zero-order valence-electron chi connectivity index (χ0n) is 12.6. The molecule has 0 aliphatic carbocycles. The van der Waals surface area contributed by atoms with Gasteiger partial charge in [-0.2, -0.15) is 0 Å². The van der Waals surface area contributed by atoms with Crippen LogP contribution in [0.25, 0.3) is 0 Å². The van der Waals surface area contributed by atoms with Crippen molar-refractivity contribution in [1.82, 2.24) is 14.7 Å². The lowest BCUT2D eigenvalue weighted by Crippen LogP contribution is -2.52. The highest BCUT2D eigenvalue weighted by Gasteiger charge is 2.39. The number of nitrogens with zero attached hydrogens (tertiary/aromatic N) is 3. The van der Waals surface area contributed by atoms with Gasteiger partial charge in [-0.15, -0.1) is 0 Å². The van der Waals surface area contributed by atoms with Crippen LogP contribution >= 0.6 is 0 Å². The van der Waals surface area contributed by atoms with Crippen LogP contribution in [0.15, 0.2) is 0 Å². The van der Waals surface area contributed by atoms with Gasteiger partial charge in [-0.1, -0.05) is 0 Å². The van der Waals surface area contributed by atoms with E-state index in [1.165, 1.54) is 32.2 Å². The Labute approximate surface area is 122 Å². The molecular formula is C15H28N4O. The van der Waals surface area contributed by atoms with E-state index in [4.69, 9.17) is 5.73 Å². The summed E-state index contributed by atoms with van der Waals surface area (Å²) in [4.78, 5) is 18.5. The number of rotatable bonds is 3. The van der Waals surface area contributed by atoms with Crippen molar-refractivity contribution in [2.24, 2.45) is 5.73 Å². The number of carbonyl (C=O) groups is 1. The topological polar surface area (TPSA) is 52.8 Å². The number of piperidine rings is 1. The number of carbonyl (C=O) groups excluding carboxylic acids is 1. The quantitative estimate of drug-likeness (QED) is 0.797. The first-order valence-electron chi connectivity index (χ1n) is 8.12. The lowest BCUT2D eigenvalue weighted by molar-refractivity contribution is -0.130. The average molecular weight is 280 g/mol. The number of hydrogen-bond acceptors (Lipinski definition) is 4. The fourth-order valence-electron chi connectivity index (χ4n) is 4.22. The van der Waals surface area contributed by atoms with Crippen LogP contribution in [0.5, 0.6) is 0 Å². The normalized spacial score (nSPS) is 35.5. The third kappa shape index (κ3) is 3.00. The van der Waals surface area contributed by atoms with Crippen molar-refractivity contribution < 1.29 is 4.79 Å². The number of nitrogens with two attached hydrogens (primary N) is 1. The van der Waals surface area contributed by atoms with Gasteiger partial charge in [0, 0.05) is 64.3 Å². The fourth-order valence-corrected chi connectivity index (χ4v) is 4.22. The largest absolute Gasteiger partial charge is 0.340 e. The highest BCUT2D eigenvalue weighted by atomic mass is 16.2. The standard InChI is InChI=1S/C15H28N4O/c1-12(20)18-7-4-17(5-8-18)6-9-19-14-2-3-15(19)11-13(16)10-14/h13-15H,2-11,16H2,1H3/t13?,14-,15+. The van der Waals surface area contributed by atoms with Crippen molar-refractivity contribution >= 4 is 5.91 Å². The second kappa shape index (κ2) is 6.00. The molecule has 3 atom stereocenters. The smallest absolute Gasteiger partial charge is 0.219 e. The zero-order chi connectivity index (χ0) is 14.1. The SMILES string of the molecule is CC(=O)N1CCN(CCN2[C@@H]3CC[C@H]2CC(N)C3)CC1. The van der Waals surface area contributed by atoms with E-state index in [1.54, 1.807) is 6.92 Å². The molecule has 0 radical (unpaired) electrons. The molecule has 3 fully saturated rings. The monoisotopic (exact) mass is 280 g/mol. The molecule has 3 rings (SSSR count). The van der Waals surface area contributed by atoms with E-state index in [-0.39, 0.29) is 5.91 Å². The van der Waals surface area contributed by atoms with E-state index in [2.05, 4.69) is 9.80 Å². The highest BCUT2D eigenvalue weighted by molar-refractivity contribution is 5.73. The van der Waals surface area contributed by atoms with Crippen LogP contribution < -0.4 is 5.73 Å². The van der Waals surface area contributed by atoms with Gasteiger partial charge in [0.1, 0.15) is 0 Å². The summed E-state index contributed by atoms with van der Waals surface area (Å²) in [5, 5.41) is 0. The van der Waals surface area contributed by atoms with Crippen LogP contribution in [0.3, 0.4) is 0 Å². The summed E-state index contributed by atoms with van der Waals surface area (Å²) >= 11 is 0. The first-order chi connectivity index (χ1) is 9.63. The van der Waals surface area contributed by atoms with Crippen LogP contribution in [-0.4, -0.2) is 78.0 Å². The molecule has 20 heavy (non-hydrogen) atoms. The molecule has 0 saturated carbocycles. The van der Waals surface area contributed by atoms with Gasteiger partial charge < -0.3 is 10.6 Å². The molecule has 0 aromatic heterocycles. The Morgan fingerprint density at radius 2 is 1.65 bits per heavy atom. The minimum atomic E-state index is 0.215. The number of piperazine rings is 1. The van der Waals surface area contributed by atoms with E-state index in [0.29, 0.717) is 6.04 Å². The Balaban J connectivity index is 1.43. The molecule has 3 aliphatic heterocycles. The molecule has 3 saturated heterocycles. The maximum atomic E-state index is 11.3. The van der Waals surface area contributed by atoms with Crippen LogP contribution in [0.2, 0.25) is 0 Å². The maximum Gasteiger partial charge on any atom is 0.219 e. The van der Waals surface area contributed by atoms with Crippen molar-refractivity contribution in [3.05, 3.63) is 0 Å². The molecule has 2 bridgehead atoms.